The first-order valence-corrected chi connectivity index (χ1v) is 6.03. The second-order valence-electron chi connectivity index (χ2n) is 2.95. The molecule has 1 aromatic heterocycles. The highest BCUT2D eigenvalue weighted by Crippen LogP contribution is 2.13. The monoisotopic (exact) mass is 213 g/mol. The summed E-state index contributed by atoms with van der Waals surface area (Å²) >= 11 is 1.67. The molecule has 3 nitrogen and oxygen atoms in total. The molecule has 14 heavy (non-hydrogen) atoms. The third-order valence-electron chi connectivity index (χ3n) is 1.71. The standard InChI is InChI=1S/C10H15NO2S/c1-3-6-11-10(12)9-5-4-8(13-9)7-14-2/h4-5H,3,6-7H2,1-2H3,(H,11,12). The van der Waals surface area contributed by atoms with Gasteiger partial charge >= 0.3 is 0 Å². The van der Waals surface area contributed by atoms with Crippen LogP contribution in [0.15, 0.2) is 16.5 Å². The average molecular weight is 213 g/mol. The minimum absolute atomic E-state index is 0.126. The van der Waals surface area contributed by atoms with Gasteiger partial charge in [0.25, 0.3) is 5.91 Å². The number of carbonyl (C=O) groups is 1. The molecule has 1 heterocycles. The highest BCUT2D eigenvalue weighted by atomic mass is 32.2. The van der Waals surface area contributed by atoms with Crippen molar-refractivity contribution in [2.75, 3.05) is 12.8 Å². The van der Waals surface area contributed by atoms with Crippen LogP contribution in [0.25, 0.3) is 0 Å². The highest BCUT2D eigenvalue weighted by Gasteiger charge is 2.09. The molecule has 0 unspecified atom stereocenters. The molecule has 0 atom stereocenters. The van der Waals surface area contributed by atoms with E-state index in [1.54, 1.807) is 17.8 Å². The van der Waals surface area contributed by atoms with E-state index < -0.39 is 0 Å². The minimum atomic E-state index is -0.126. The Morgan fingerprint density at radius 1 is 1.57 bits per heavy atom. The van der Waals surface area contributed by atoms with Crippen LogP contribution in [0.5, 0.6) is 0 Å². The summed E-state index contributed by atoms with van der Waals surface area (Å²) in [7, 11) is 0. The number of hydrogen-bond acceptors (Lipinski definition) is 3. The van der Waals surface area contributed by atoms with Crippen LogP contribution in [0.4, 0.5) is 0 Å². The fourth-order valence-corrected chi connectivity index (χ4v) is 1.49. The van der Waals surface area contributed by atoms with Gasteiger partial charge in [-0.15, -0.1) is 0 Å². The second-order valence-corrected chi connectivity index (χ2v) is 3.82. The molecule has 0 aliphatic rings. The van der Waals surface area contributed by atoms with Crippen molar-refractivity contribution in [2.45, 2.75) is 19.1 Å². The van der Waals surface area contributed by atoms with Crippen molar-refractivity contribution in [3.05, 3.63) is 23.7 Å². The molecule has 1 N–H and O–H groups in total. The van der Waals surface area contributed by atoms with E-state index in [0.717, 1.165) is 17.9 Å². The normalized spacial score (nSPS) is 10.1. The lowest BCUT2D eigenvalue weighted by Gasteiger charge is -1.99. The smallest absolute Gasteiger partial charge is 0.286 e. The van der Waals surface area contributed by atoms with Gasteiger partial charge in [-0.05, 0) is 24.8 Å². The molecular weight excluding hydrogens is 198 g/mol. The molecular formula is C10H15NO2S. The Balaban J connectivity index is 2.53. The van der Waals surface area contributed by atoms with Crippen LogP contribution >= 0.6 is 11.8 Å². The number of furan rings is 1. The predicted molar refractivity (Wildman–Crippen MR) is 58.6 cm³/mol. The van der Waals surface area contributed by atoms with Gasteiger partial charge in [0.1, 0.15) is 5.76 Å². The van der Waals surface area contributed by atoms with E-state index in [-0.39, 0.29) is 5.91 Å². The summed E-state index contributed by atoms with van der Waals surface area (Å²) in [6.07, 6.45) is 2.93. The molecule has 0 saturated heterocycles. The first-order chi connectivity index (χ1) is 6.77. The van der Waals surface area contributed by atoms with Crippen LogP contribution in [0.2, 0.25) is 0 Å². The fourth-order valence-electron chi connectivity index (χ4n) is 1.05. The Hall–Kier alpha value is -0.900. The lowest BCUT2D eigenvalue weighted by atomic mass is 10.4. The molecule has 0 aromatic carbocycles. The van der Waals surface area contributed by atoms with Gasteiger partial charge < -0.3 is 9.73 Å². The summed E-state index contributed by atoms with van der Waals surface area (Å²) in [5.41, 5.74) is 0. The van der Waals surface area contributed by atoms with Gasteiger partial charge in [0.2, 0.25) is 0 Å². The van der Waals surface area contributed by atoms with Gasteiger partial charge in [0.15, 0.2) is 5.76 Å². The van der Waals surface area contributed by atoms with Crippen molar-refractivity contribution in [1.29, 1.82) is 0 Å². The van der Waals surface area contributed by atoms with Gasteiger partial charge in [0.05, 0.1) is 5.75 Å². The van der Waals surface area contributed by atoms with Crippen LogP contribution in [0, 0.1) is 0 Å². The lowest BCUT2D eigenvalue weighted by molar-refractivity contribution is 0.0924. The quantitative estimate of drug-likeness (QED) is 0.816. The maximum atomic E-state index is 11.4. The Morgan fingerprint density at radius 3 is 3.00 bits per heavy atom. The van der Waals surface area contributed by atoms with Gasteiger partial charge in [0, 0.05) is 6.54 Å². The van der Waals surface area contributed by atoms with Crippen LogP contribution in [-0.2, 0) is 5.75 Å². The van der Waals surface area contributed by atoms with Crippen LogP contribution in [0.3, 0.4) is 0 Å². The van der Waals surface area contributed by atoms with Gasteiger partial charge in [-0.1, -0.05) is 6.92 Å². The molecule has 0 spiro atoms. The summed E-state index contributed by atoms with van der Waals surface area (Å²) < 4.78 is 5.35. The van der Waals surface area contributed by atoms with Crippen LogP contribution in [-0.4, -0.2) is 18.7 Å². The number of nitrogens with one attached hydrogen (secondary N) is 1. The molecule has 78 valence electrons. The Labute approximate surface area is 88.2 Å². The number of carbonyl (C=O) groups excluding carboxylic acids is 1. The highest BCUT2D eigenvalue weighted by molar-refractivity contribution is 7.97. The van der Waals surface area contributed by atoms with Crippen molar-refractivity contribution in [1.82, 2.24) is 5.32 Å². The second kappa shape index (κ2) is 5.75. The van der Waals surface area contributed by atoms with Crippen molar-refractivity contribution in [3.63, 3.8) is 0 Å². The number of amides is 1. The molecule has 1 amide bonds. The zero-order valence-electron chi connectivity index (χ0n) is 8.50. The van der Waals surface area contributed by atoms with E-state index >= 15 is 0 Å². The third-order valence-corrected chi connectivity index (χ3v) is 2.28. The maximum absolute atomic E-state index is 11.4. The lowest BCUT2D eigenvalue weighted by Crippen LogP contribution is -2.23. The van der Waals surface area contributed by atoms with Crippen LogP contribution in [0.1, 0.15) is 29.7 Å². The molecule has 1 rings (SSSR count). The minimum Gasteiger partial charge on any atom is -0.455 e. The third kappa shape index (κ3) is 3.10. The van der Waals surface area contributed by atoms with E-state index in [1.165, 1.54) is 0 Å². The first kappa shape index (κ1) is 11.2. The predicted octanol–water partition coefficient (Wildman–Crippen LogP) is 2.28. The first-order valence-electron chi connectivity index (χ1n) is 4.63. The molecule has 0 aliphatic carbocycles. The van der Waals surface area contributed by atoms with Gasteiger partial charge in [-0.2, -0.15) is 11.8 Å². The zero-order chi connectivity index (χ0) is 10.4. The number of rotatable bonds is 5. The Kier molecular flexibility index (Phi) is 4.59. The van der Waals surface area contributed by atoms with Gasteiger partial charge in [-0.25, -0.2) is 0 Å². The summed E-state index contributed by atoms with van der Waals surface area (Å²) in [4.78, 5) is 11.4. The SMILES string of the molecule is CCCNC(=O)c1ccc(CSC)o1. The van der Waals surface area contributed by atoms with Gasteiger partial charge in [-0.3, -0.25) is 4.79 Å². The van der Waals surface area contributed by atoms with E-state index in [1.807, 2.05) is 19.2 Å². The molecule has 4 heteroatoms. The molecule has 0 radical (unpaired) electrons. The largest absolute Gasteiger partial charge is 0.455 e. The molecule has 0 bridgehead atoms. The Bertz CT molecular complexity index is 296. The summed E-state index contributed by atoms with van der Waals surface area (Å²) in [6, 6.07) is 3.56. The van der Waals surface area contributed by atoms with E-state index in [0.29, 0.717) is 12.3 Å². The Morgan fingerprint density at radius 2 is 2.36 bits per heavy atom. The summed E-state index contributed by atoms with van der Waals surface area (Å²) in [6.45, 7) is 2.71. The molecule has 0 fully saturated rings. The van der Waals surface area contributed by atoms with Crippen molar-refractivity contribution < 1.29 is 9.21 Å². The van der Waals surface area contributed by atoms with Crippen LogP contribution < -0.4 is 5.32 Å². The fraction of sp³-hybridized carbons (Fsp3) is 0.500. The van der Waals surface area contributed by atoms with E-state index in [9.17, 15) is 4.79 Å². The van der Waals surface area contributed by atoms with Crippen molar-refractivity contribution in [2.24, 2.45) is 0 Å². The molecule has 0 saturated carbocycles. The van der Waals surface area contributed by atoms with Crippen molar-refractivity contribution >= 4 is 17.7 Å². The van der Waals surface area contributed by atoms with E-state index in [4.69, 9.17) is 4.42 Å². The summed E-state index contributed by atoms with van der Waals surface area (Å²) in [5.74, 6) is 1.93. The number of thioether (sulfide) groups is 1. The number of hydrogen-bond donors (Lipinski definition) is 1. The summed E-state index contributed by atoms with van der Waals surface area (Å²) in [5, 5.41) is 2.76. The average Bonchev–Trinajstić information content (AvgIpc) is 2.63. The molecule has 0 aliphatic heterocycles. The van der Waals surface area contributed by atoms with Crippen molar-refractivity contribution in [3.8, 4) is 0 Å². The molecule has 1 aromatic rings. The maximum Gasteiger partial charge on any atom is 0.286 e. The topological polar surface area (TPSA) is 42.2 Å². The van der Waals surface area contributed by atoms with E-state index in [2.05, 4.69) is 5.32 Å². The zero-order valence-corrected chi connectivity index (χ0v) is 9.32.